The predicted molar refractivity (Wildman–Crippen MR) is 73.5 cm³/mol. The first-order valence-corrected chi connectivity index (χ1v) is 6.13. The van der Waals surface area contributed by atoms with Gasteiger partial charge in [-0.3, -0.25) is 14.9 Å². The maximum atomic E-state index is 11.6. The topological polar surface area (TPSA) is 108 Å². The lowest BCUT2D eigenvalue weighted by molar-refractivity contribution is -0.384. The van der Waals surface area contributed by atoms with Gasteiger partial charge in [0.25, 0.3) is 11.6 Å². The normalized spacial score (nSPS) is 10.2. The molecular weight excluding hydrogens is 302 g/mol. The summed E-state index contributed by atoms with van der Waals surface area (Å²) in [5.41, 5.74) is -0.158. The van der Waals surface area contributed by atoms with Crippen molar-refractivity contribution in [2.24, 2.45) is 0 Å². The zero-order chi connectivity index (χ0) is 15.4. The number of carbonyl (C=O) groups is 1. The third-order valence-electron chi connectivity index (χ3n) is 2.38. The van der Waals surface area contributed by atoms with Gasteiger partial charge in [0.05, 0.1) is 9.95 Å². The lowest BCUT2D eigenvalue weighted by atomic mass is 10.3. The van der Waals surface area contributed by atoms with Gasteiger partial charge in [-0.05, 0) is 13.0 Å². The Hall–Kier alpha value is -2.61. The number of halogens is 1. The number of aryl methyl sites for hydroxylation is 1. The number of benzene rings is 1. The second-order valence-electron chi connectivity index (χ2n) is 4.03. The molecule has 8 nitrogen and oxygen atoms in total. The number of ether oxygens (including phenoxy) is 1. The summed E-state index contributed by atoms with van der Waals surface area (Å²) in [4.78, 5) is 21.6. The van der Waals surface area contributed by atoms with Gasteiger partial charge >= 0.3 is 0 Å². The Morgan fingerprint density at radius 1 is 1.52 bits per heavy atom. The number of hydrogen-bond donors (Lipinski definition) is 1. The van der Waals surface area contributed by atoms with E-state index in [4.69, 9.17) is 20.9 Å². The van der Waals surface area contributed by atoms with Crippen LogP contribution in [-0.4, -0.2) is 22.6 Å². The van der Waals surface area contributed by atoms with Crippen LogP contribution in [0.5, 0.6) is 5.75 Å². The highest BCUT2D eigenvalue weighted by Gasteiger charge is 2.12. The van der Waals surface area contributed by atoms with Crippen molar-refractivity contribution in [3.63, 3.8) is 0 Å². The second-order valence-corrected chi connectivity index (χ2v) is 4.44. The number of hydrogen-bond acceptors (Lipinski definition) is 6. The number of anilines is 1. The lowest BCUT2D eigenvalue weighted by Gasteiger charge is -2.07. The maximum Gasteiger partial charge on any atom is 0.271 e. The molecule has 1 N–H and O–H groups in total. The minimum absolute atomic E-state index is 0.0503. The van der Waals surface area contributed by atoms with Gasteiger partial charge < -0.3 is 14.6 Å². The average molecular weight is 312 g/mol. The van der Waals surface area contributed by atoms with Crippen LogP contribution in [-0.2, 0) is 4.79 Å². The molecule has 0 aliphatic carbocycles. The summed E-state index contributed by atoms with van der Waals surface area (Å²) in [6, 6.07) is 5.26. The van der Waals surface area contributed by atoms with Crippen LogP contribution in [0.3, 0.4) is 0 Å². The molecule has 0 bridgehead atoms. The van der Waals surface area contributed by atoms with Crippen LogP contribution in [0.25, 0.3) is 0 Å². The van der Waals surface area contributed by atoms with Crippen LogP contribution in [0.1, 0.15) is 5.76 Å². The monoisotopic (exact) mass is 311 g/mol. The van der Waals surface area contributed by atoms with Gasteiger partial charge in [-0.25, -0.2) is 0 Å². The third kappa shape index (κ3) is 3.93. The summed E-state index contributed by atoms with van der Waals surface area (Å²) in [6.45, 7) is 1.37. The van der Waals surface area contributed by atoms with E-state index in [2.05, 4.69) is 10.5 Å². The van der Waals surface area contributed by atoms with E-state index >= 15 is 0 Å². The van der Waals surface area contributed by atoms with Crippen LogP contribution in [0, 0.1) is 17.0 Å². The summed E-state index contributed by atoms with van der Waals surface area (Å²) in [5, 5.41) is 16.7. The van der Waals surface area contributed by atoms with E-state index in [1.165, 1.54) is 12.1 Å². The maximum absolute atomic E-state index is 11.6. The summed E-state index contributed by atoms with van der Waals surface area (Å²) in [7, 11) is 0. The largest absolute Gasteiger partial charge is 0.482 e. The first-order valence-electron chi connectivity index (χ1n) is 5.75. The number of nitrogens with zero attached hydrogens (tertiary/aromatic N) is 2. The second kappa shape index (κ2) is 6.23. The van der Waals surface area contributed by atoms with Crippen LogP contribution in [0.15, 0.2) is 28.8 Å². The fourth-order valence-corrected chi connectivity index (χ4v) is 1.70. The van der Waals surface area contributed by atoms with Crippen molar-refractivity contribution in [3.05, 3.63) is 45.2 Å². The van der Waals surface area contributed by atoms with Crippen molar-refractivity contribution in [2.75, 3.05) is 11.9 Å². The molecule has 2 aromatic rings. The third-order valence-corrected chi connectivity index (χ3v) is 2.68. The molecule has 0 aliphatic heterocycles. The molecule has 0 atom stereocenters. The number of carbonyl (C=O) groups excluding carboxylic acids is 1. The Bertz CT molecular complexity index is 685. The molecule has 1 amide bonds. The zero-order valence-corrected chi connectivity index (χ0v) is 11.6. The van der Waals surface area contributed by atoms with Gasteiger partial charge in [0.2, 0.25) is 0 Å². The van der Waals surface area contributed by atoms with Gasteiger partial charge in [-0.2, -0.15) is 0 Å². The smallest absolute Gasteiger partial charge is 0.271 e. The molecule has 2 rings (SSSR count). The lowest BCUT2D eigenvalue weighted by Crippen LogP contribution is -2.20. The number of non-ortho nitro benzene ring substituents is 1. The molecule has 0 radical (unpaired) electrons. The highest BCUT2D eigenvalue weighted by Crippen LogP contribution is 2.28. The van der Waals surface area contributed by atoms with Crippen molar-refractivity contribution < 1.29 is 19.0 Å². The molecule has 0 unspecified atom stereocenters. The van der Waals surface area contributed by atoms with Crippen LogP contribution < -0.4 is 10.1 Å². The Kier molecular flexibility index (Phi) is 4.39. The molecule has 0 aliphatic rings. The number of rotatable bonds is 5. The molecule has 110 valence electrons. The molecule has 0 saturated heterocycles. The van der Waals surface area contributed by atoms with E-state index in [9.17, 15) is 14.9 Å². The van der Waals surface area contributed by atoms with Crippen molar-refractivity contribution in [1.82, 2.24) is 5.16 Å². The van der Waals surface area contributed by atoms with Gasteiger partial charge in [-0.15, -0.1) is 0 Å². The molecule has 0 saturated carbocycles. The van der Waals surface area contributed by atoms with Gasteiger partial charge in [0.15, 0.2) is 12.4 Å². The highest BCUT2D eigenvalue weighted by molar-refractivity contribution is 6.32. The highest BCUT2D eigenvalue weighted by atomic mass is 35.5. The van der Waals surface area contributed by atoms with Gasteiger partial charge in [-0.1, -0.05) is 16.8 Å². The van der Waals surface area contributed by atoms with Gasteiger partial charge in [0.1, 0.15) is 11.5 Å². The molecule has 0 spiro atoms. The van der Waals surface area contributed by atoms with E-state index in [1.807, 2.05) is 0 Å². The minimum atomic E-state index is -0.574. The molecule has 9 heteroatoms. The number of aromatic nitrogens is 1. The standard InChI is InChI=1S/C12H10ClN3O5/c1-7-4-11(15-21-7)14-12(17)6-20-10-3-2-8(16(18)19)5-9(10)13/h2-5H,6H2,1H3,(H,14,15,17). The fourth-order valence-electron chi connectivity index (χ4n) is 1.47. The summed E-state index contributed by atoms with van der Waals surface area (Å²) in [5.74, 6) is 0.548. The van der Waals surface area contributed by atoms with E-state index in [0.29, 0.717) is 5.76 Å². The SMILES string of the molecule is Cc1cc(NC(=O)COc2ccc([N+](=O)[O-])cc2Cl)no1. The Morgan fingerprint density at radius 2 is 2.29 bits per heavy atom. The average Bonchev–Trinajstić information content (AvgIpc) is 2.82. The summed E-state index contributed by atoms with van der Waals surface area (Å²) >= 11 is 5.83. The molecular formula is C12H10ClN3O5. The number of amides is 1. The molecule has 1 heterocycles. The molecule has 1 aromatic heterocycles. The quantitative estimate of drug-likeness (QED) is 0.671. The number of nitro benzene ring substituents is 1. The van der Waals surface area contributed by atoms with Crippen LogP contribution in [0.4, 0.5) is 11.5 Å². The van der Waals surface area contributed by atoms with E-state index in [0.717, 1.165) is 6.07 Å². The Labute approximate surface area is 123 Å². The van der Waals surface area contributed by atoms with Crippen molar-refractivity contribution in [1.29, 1.82) is 0 Å². The van der Waals surface area contributed by atoms with Crippen molar-refractivity contribution in [2.45, 2.75) is 6.92 Å². The minimum Gasteiger partial charge on any atom is -0.482 e. The van der Waals surface area contributed by atoms with Crippen molar-refractivity contribution in [3.8, 4) is 5.75 Å². The molecule has 0 fully saturated rings. The van der Waals surface area contributed by atoms with Crippen molar-refractivity contribution >= 4 is 29.0 Å². The molecule has 21 heavy (non-hydrogen) atoms. The number of nitrogens with one attached hydrogen (secondary N) is 1. The molecule has 1 aromatic carbocycles. The summed E-state index contributed by atoms with van der Waals surface area (Å²) in [6.07, 6.45) is 0. The van der Waals surface area contributed by atoms with Crippen LogP contribution in [0.2, 0.25) is 5.02 Å². The fraction of sp³-hybridized carbons (Fsp3) is 0.167. The first-order chi connectivity index (χ1) is 9.95. The Balaban J connectivity index is 1.93. The van der Waals surface area contributed by atoms with Gasteiger partial charge in [0, 0.05) is 18.2 Å². The summed E-state index contributed by atoms with van der Waals surface area (Å²) < 4.78 is 9.98. The zero-order valence-electron chi connectivity index (χ0n) is 10.8. The van der Waals surface area contributed by atoms with E-state index in [-0.39, 0.29) is 28.9 Å². The van der Waals surface area contributed by atoms with E-state index < -0.39 is 10.8 Å². The Morgan fingerprint density at radius 3 is 2.86 bits per heavy atom. The van der Waals surface area contributed by atoms with E-state index in [1.54, 1.807) is 13.0 Å². The first kappa shape index (κ1) is 14.8. The van der Waals surface area contributed by atoms with Crippen LogP contribution >= 0.6 is 11.6 Å². The number of nitro groups is 1. The predicted octanol–water partition coefficient (Wildman–Crippen LogP) is 2.56.